The summed E-state index contributed by atoms with van der Waals surface area (Å²) in [5.41, 5.74) is 2.47. The van der Waals surface area contributed by atoms with Crippen molar-refractivity contribution in [1.82, 2.24) is 4.98 Å². The number of hydrogen-bond acceptors (Lipinski definition) is 5. The van der Waals surface area contributed by atoms with Gasteiger partial charge in [-0.3, -0.25) is 9.59 Å². The lowest BCUT2D eigenvalue weighted by Gasteiger charge is -2.13. The Labute approximate surface area is 193 Å². The molecule has 1 heterocycles. The van der Waals surface area contributed by atoms with Crippen molar-refractivity contribution in [3.63, 3.8) is 0 Å². The number of rotatable bonds is 4. The minimum absolute atomic E-state index is 0.0425. The topological polar surface area (TPSA) is 70.8 Å². The Morgan fingerprint density at radius 2 is 1.53 bits per heavy atom. The van der Waals surface area contributed by atoms with Gasteiger partial charge < -0.3 is 0 Å². The summed E-state index contributed by atoms with van der Waals surface area (Å²) in [6.07, 6.45) is 0. The second kappa shape index (κ2) is 8.08. The van der Waals surface area contributed by atoms with Gasteiger partial charge in [0.2, 0.25) is 5.78 Å². The highest BCUT2D eigenvalue weighted by Gasteiger charge is 2.36. The summed E-state index contributed by atoms with van der Waals surface area (Å²) in [7, 11) is 0. The predicted molar refractivity (Wildman–Crippen MR) is 123 cm³/mol. The monoisotopic (exact) mass is 452 g/mol. The molecule has 4 nitrogen and oxygen atoms in total. The Morgan fingerprint density at radius 3 is 2.22 bits per heavy atom. The number of aromatic nitrogens is 1. The molecule has 152 valence electrons. The smallest absolute Gasteiger partial charge is 0.212 e. The number of ketones is 2. The fraction of sp³-hybridized carbons (Fsp3) is 0. The summed E-state index contributed by atoms with van der Waals surface area (Å²) in [6, 6.07) is 25.2. The van der Waals surface area contributed by atoms with Gasteiger partial charge in [-0.1, -0.05) is 65.8 Å². The van der Waals surface area contributed by atoms with Gasteiger partial charge in [0.05, 0.1) is 11.1 Å². The SMILES string of the molecule is N#Cc1c(Sc2ccccc2)nc(C(=O)c2ccc(Cl)cc2)c2c1-c1ccccc1C2=O. The summed E-state index contributed by atoms with van der Waals surface area (Å²) in [4.78, 5) is 32.2. The summed E-state index contributed by atoms with van der Waals surface area (Å²) >= 11 is 7.27. The van der Waals surface area contributed by atoms with E-state index in [2.05, 4.69) is 11.1 Å². The molecule has 0 spiro atoms. The molecule has 1 aliphatic rings. The minimum atomic E-state index is -0.390. The third-order valence-corrected chi connectivity index (χ3v) is 6.47. The van der Waals surface area contributed by atoms with Gasteiger partial charge in [-0.15, -0.1) is 0 Å². The standard InChI is InChI=1S/C26H13ClN2O2S/c27-16-12-10-15(11-13-16)24(30)23-22-21(18-8-4-5-9-19(18)25(22)31)20(14-28)26(29-23)32-17-6-2-1-3-7-17/h1-13H. The highest BCUT2D eigenvalue weighted by Crippen LogP contribution is 2.44. The zero-order valence-electron chi connectivity index (χ0n) is 16.5. The zero-order valence-corrected chi connectivity index (χ0v) is 18.1. The maximum Gasteiger partial charge on any atom is 0.212 e. The second-order valence-electron chi connectivity index (χ2n) is 7.13. The van der Waals surface area contributed by atoms with Crippen LogP contribution in [0.15, 0.2) is 88.8 Å². The van der Waals surface area contributed by atoms with Crippen molar-refractivity contribution in [2.24, 2.45) is 0 Å². The molecule has 32 heavy (non-hydrogen) atoms. The first-order valence-corrected chi connectivity index (χ1v) is 10.9. The Balaban J connectivity index is 1.78. The molecule has 4 aromatic rings. The van der Waals surface area contributed by atoms with Crippen LogP contribution in [0.1, 0.15) is 37.5 Å². The molecule has 0 fully saturated rings. The van der Waals surface area contributed by atoms with E-state index in [0.29, 0.717) is 37.9 Å². The van der Waals surface area contributed by atoms with Crippen LogP contribution in [0.4, 0.5) is 0 Å². The van der Waals surface area contributed by atoms with Crippen molar-refractivity contribution in [3.8, 4) is 17.2 Å². The van der Waals surface area contributed by atoms with Crippen LogP contribution in [0.3, 0.4) is 0 Å². The fourth-order valence-electron chi connectivity index (χ4n) is 3.77. The van der Waals surface area contributed by atoms with Crippen molar-refractivity contribution in [2.75, 3.05) is 0 Å². The molecule has 0 unspecified atom stereocenters. The van der Waals surface area contributed by atoms with Crippen molar-refractivity contribution in [2.45, 2.75) is 9.92 Å². The fourth-order valence-corrected chi connectivity index (χ4v) is 4.80. The van der Waals surface area contributed by atoms with E-state index in [4.69, 9.17) is 11.6 Å². The first-order valence-electron chi connectivity index (χ1n) is 9.74. The molecular formula is C26H13ClN2O2S. The summed E-state index contributed by atoms with van der Waals surface area (Å²) < 4.78 is 0. The molecule has 0 saturated heterocycles. The molecule has 5 rings (SSSR count). The average Bonchev–Trinajstić information content (AvgIpc) is 3.12. The molecule has 0 aliphatic heterocycles. The second-order valence-corrected chi connectivity index (χ2v) is 8.63. The lowest BCUT2D eigenvalue weighted by Crippen LogP contribution is -2.13. The normalized spacial score (nSPS) is 11.6. The van der Waals surface area contributed by atoms with E-state index in [1.54, 1.807) is 42.5 Å². The number of fused-ring (bicyclic) bond motifs is 3. The first-order chi connectivity index (χ1) is 15.6. The van der Waals surface area contributed by atoms with Gasteiger partial charge in [-0.2, -0.15) is 5.26 Å². The Morgan fingerprint density at radius 1 is 0.875 bits per heavy atom. The van der Waals surface area contributed by atoms with Crippen molar-refractivity contribution >= 4 is 34.9 Å². The number of carbonyl (C=O) groups excluding carboxylic acids is 2. The quantitative estimate of drug-likeness (QED) is 0.303. The molecule has 1 aliphatic carbocycles. The van der Waals surface area contributed by atoms with Crippen LogP contribution in [-0.2, 0) is 0 Å². The molecule has 0 saturated carbocycles. The molecule has 0 amide bonds. The number of nitriles is 1. The van der Waals surface area contributed by atoms with E-state index >= 15 is 0 Å². The van der Waals surface area contributed by atoms with Gasteiger partial charge in [0.25, 0.3) is 0 Å². The average molecular weight is 453 g/mol. The minimum Gasteiger partial charge on any atom is -0.288 e. The molecule has 1 aromatic heterocycles. The first kappa shape index (κ1) is 20.2. The van der Waals surface area contributed by atoms with E-state index in [9.17, 15) is 14.9 Å². The van der Waals surface area contributed by atoms with E-state index in [-0.39, 0.29) is 17.0 Å². The summed E-state index contributed by atoms with van der Waals surface area (Å²) in [5.74, 6) is -0.688. The Kier molecular flexibility index (Phi) is 5.10. The van der Waals surface area contributed by atoms with Crippen molar-refractivity contribution < 1.29 is 9.59 Å². The van der Waals surface area contributed by atoms with E-state index < -0.39 is 5.78 Å². The van der Waals surface area contributed by atoms with Crippen LogP contribution in [0, 0.1) is 11.3 Å². The maximum absolute atomic E-state index is 13.5. The third kappa shape index (κ3) is 3.31. The number of pyridine rings is 1. The van der Waals surface area contributed by atoms with E-state index in [1.165, 1.54) is 11.8 Å². The van der Waals surface area contributed by atoms with Gasteiger partial charge >= 0.3 is 0 Å². The molecule has 3 aromatic carbocycles. The lowest BCUT2D eigenvalue weighted by molar-refractivity contribution is 0.100. The molecule has 6 heteroatoms. The summed E-state index contributed by atoms with van der Waals surface area (Å²) in [5, 5.41) is 10.9. The van der Waals surface area contributed by atoms with Crippen LogP contribution in [0.2, 0.25) is 5.02 Å². The van der Waals surface area contributed by atoms with E-state index in [1.807, 2.05) is 36.4 Å². The largest absolute Gasteiger partial charge is 0.288 e. The van der Waals surface area contributed by atoms with Crippen LogP contribution < -0.4 is 0 Å². The Hall–Kier alpha value is -3.72. The number of nitrogens with zero attached hydrogens (tertiary/aromatic N) is 2. The van der Waals surface area contributed by atoms with Gasteiger partial charge in [-0.25, -0.2) is 4.98 Å². The van der Waals surface area contributed by atoms with Gasteiger partial charge in [0, 0.05) is 26.6 Å². The summed E-state index contributed by atoms with van der Waals surface area (Å²) in [6.45, 7) is 0. The highest BCUT2D eigenvalue weighted by molar-refractivity contribution is 7.99. The van der Waals surface area contributed by atoms with Crippen molar-refractivity contribution in [1.29, 1.82) is 5.26 Å². The molecule has 0 bridgehead atoms. The van der Waals surface area contributed by atoms with E-state index in [0.717, 1.165) is 4.90 Å². The number of hydrogen-bond donors (Lipinski definition) is 0. The van der Waals surface area contributed by atoms with Crippen LogP contribution in [0.25, 0.3) is 11.1 Å². The Bertz CT molecular complexity index is 1440. The lowest BCUT2D eigenvalue weighted by atomic mass is 9.97. The zero-order chi connectivity index (χ0) is 22.2. The molecule has 0 N–H and O–H groups in total. The van der Waals surface area contributed by atoms with Crippen LogP contribution in [-0.4, -0.2) is 16.6 Å². The van der Waals surface area contributed by atoms with Crippen LogP contribution in [0.5, 0.6) is 0 Å². The number of halogens is 1. The van der Waals surface area contributed by atoms with Gasteiger partial charge in [0.15, 0.2) is 5.78 Å². The predicted octanol–water partition coefficient (Wildman–Crippen LogP) is 6.20. The molecule has 0 radical (unpaired) electrons. The van der Waals surface area contributed by atoms with Gasteiger partial charge in [-0.05, 0) is 42.0 Å². The molecule has 0 atom stereocenters. The highest BCUT2D eigenvalue weighted by atomic mass is 35.5. The maximum atomic E-state index is 13.5. The molecular weight excluding hydrogens is 440 g/mol. The van der Waals surface area contributed by atoms with Gasteiger partial charge in [0.1, 0.15) is 16.8 Å². The number of carbonyl (C=O) groups is 2. The third-order valence-electron chi connectivity index (χ3n) is 5.22. The van der Waals surface area contributed by atoms with Crippen molar-refractivity contribution in [3.05, 3.63) is 112 Å². The van der Waals surface area contributed by atoms with Crippen LogP contribution >= 0.6 is 23.4 Å². The number of benzene rings is 3.